The molecule has 0 aliphatic carbocycles. The lowest BCUT2D eigenvalue weighted by atomic mass is 10.1. The molecule has 1 heterocycles. The summed E-state index contributed by atoms with van der Waals surface area (Å²) in [6, 6.07) is 2.40. The molecule has 1 N–H and O–H groups in total. The number of halogens is 2. The van der Waals surface area contributed by atoms with Gasteiger partial charge in [-0.05, 0) is 18.9 Å². The van der Waals surface area contributed by atoms with Crippen LogP contribution in [-0.2, 0) is 4.74 Å². The average molecular weight is 319 g/mol. The molecule has 1 aliphatic rings. The van der Waals surface area contributed by atoms with Gasteiger partial charge in [0.1, 0.15) is 5.69 Å². The molecule has 0 bridgehead atoms. The number of nitro groups is 1. The fraction of sp³-hybridized carbons (Fsp3) is 0.455. The Balaban J connectivity index is 2.27. The van der Waals surface area contributed by atoms with Crippen molar-refractivity contribution < 1.29 is 14.1 Å². The predicted molar refractivity (Wildman–Crippen MR) is 68.2 cm³/mol. The summed E-state index contributed by atoms with van der Waals surface area (Å²) in [6.07, 6.45) is 1.68. The van der Waals surface area contributed by atoms with Crippen LogP contribution < -0.4 is 5.32 Å². The summed E-state index contributed by atoms with van der Waals surface area (Å²) in [5, 5.41) is 13.8. The van der Waals surface area contributed by atoms with Gasteiger partial charge in [0.15, 0.2) is 5.82 Å². The lowest BCUT2D eigenvalue weighted by Crippen LogP contribution is -2.30. The van der Waals surface area contributed by atoms with E-state index in [4.69, 9.17) is 4.74 Å². The number of hydrogen-bond acceptors (Lipinski definition) is 4. The predicted octanol–water partition coefficient (Wildman–Crippen LogP) is 3.09. The minimum atomic E-state index is -0.637. The topological polar surface area (TPSA) is 64.4 Å². The third-order valence-electron chi connectivity index (χ3n) is 2.74. The van der Waals surface area contributed by atoms with E-state index in [2.05, 4.69) is 21.2 Å². The Morgan fingerprint density at radius 1 is 1.56 bits per heavy atom. The van der Waals surface area contributed by atoms with Crippen LogP contribution in [0.25, 0.3) is 0 Å². The summed E-state index contributed by atoms with van der Waals surface area (Å²) in [4.78, 5) is 10.3. The van der Waals surface area contributed by atoms with Gasteiger partial charge in [0.05, 0.1) is 11.5 Å². The highest BCUT2D eigenvalue weighted by Gasteiger charge is 2.23. The van der Waals surface area contributed by atoms with E-state index in [-0.39, 0.29) is 17.4 Å². The Morgan fingerprint density at radius 3 is 2.94 bits per heavy atom. The standard InChI is InChI=1S/C11H12BrFN2O3/c12-7-4-9(13)11(10(5-7)15(16)17)14-8-2-1-3-18-6-8/h4-5,8,14H,1-3,6H2. The van der Waals surface area contributed by atoms with Crippen molar-refractivity contribution in [2.75, 3.05) is 18.5 Å². The fourth-order valence-corrected chi connectivity index (χ4v) is 2.32. The van der Waals surface area contributed by atoms with Crippen LogP contribution in [-0.4, -0.2) is 24.2 Å². The van der Waals surface area contributed by atoms with Gasteiger partial charge in [-0.1, -0.05) is 15.9 Å². The number of rotatable bonds is 3. The maximum atomic E-state index is 13.8. The molecule has 1 unspecified atom stereocenters. The van der Waals surface area contributed by atoms with Gasteiger partial charge in [0.25, 0.3) is 5.69 Å². The quantitative estimate of drug-likeness (QED) is 0.687. The number of nitrogens with zero attached hydrogens (tertiary/aromatic N) is 1. The molecule has 2 rings (SSSR count). The monoisotopic (exact) mass is 318 g/mol. The summed E-state index contributed by atoms with van der Waals surface area (Å²) < 4.78 is 19.4. The Hall–Kier alpha value is -1.21. The van der Waals surface area contributed by atoms with Crippen LogP contribution in [0.5, 0.6) is 0 Å². The number of ether oxygens (including phenoxy) is 1. The largest absolute Gasteiger partial charge is 0.379 e. The highest BCUT2D eigenvalue weighted by Crippen LogP contribution is 2.32. The second kappa shape index (κ2) is 5.62. The van der Waals surface area contributed by atoms with Crippen molar-refractivity contribution in [3.63, 3.8) is 0 Å². The lowest BCUT2D eigenvalue weighted by Gasteiger charge is -2.24. The van der Waals surface area contributed by atoms with Crippen LogP contribution in [0, 0.1) is 15.9 Å². The molecule has 5 nitrogen and oxygen atoms in total. The van der Waals surface area contributed by atoms with Gasteiger partial charge in [-0.3, -0.25) is 10.1 Å². The van der Waals surface area contributed by atoms with Gasteiger partial charge in [0.2, 0.25) is 0 Å². The molecular formula is C11H12BrFN2O3. The molecule has 1 aromatic rings. The first kappa shape index (κ1) is 13.2. The van der Waals surface area contributed by atoms with Crippen LogP contribution in [0.3, 0.4) is 0 Å². The molecule has 1 aliphatic heterocycles. The van der Waals surface area contributed by atoms with Crippen LogP contribution in [0.4, 0.5) is 15.8 Å². The summed E-state index contributed by atoms with van der Waals surface area (Å²) in [5.41, 5.74) is -0.342. The van der Waals surface area contributed by atoms with Gasteiger partial charge in [-0.15, -0.1) is 0 Å². The van der Waals surface area contributed by atoms with E-state index < -0.39 is 10.7 Å². The normalized spacial score (nSPS) is 19.6. The fourth-order valence-electron chi connectivity index (χ4n) is 1.91. The van der Waals surface area contributed by atoms with Gasteiger partial charge in [-0.2, -0.15) is 0 Å². The van der Waals surface area contributed by atoms with Crippen molar-refractivity contribution in [2.24, 2.45) is 0 Å². The molecular weight excluding hydrogens is 307 g/mol. The summed E-state index contributed by atoms with van der Waals surface area (Å²) in [5.74, 6) is -0.637. The highest BCUT2D eigenvalue weighted by atomic mass is 79.9. The first-order valence-electron chi connectivity index (χ1n) is 5.55. The molecule has 1 aromatic carbocycles. The minimum absolute atomic E-state index is 0.0706. The second-order valence-electron chi connectivity index (χ2n) is 4.10. The maximum Gasteiger partial charge on any atom is 0.296 e. The number of benzene rings is 1. The minimum Gasteiger partial charge on any atom is -0.379 e. The van der Waals surface area contributed by atoms with Crippen LogP contribution in [0.15, 0.2) is 16.6 Å². The number of hydrogen-bond donors (Lipinski definition) is 1. The molecule has 1 fully saturated rings. The molecule has 0 aromatic heterocycles. The first-order chi connectivity index (χ1) is 8.58. The SMILES string of the molecule is O=[N+]([O-])c1cc(Br)cc(F)c1NC1CCCOC1. The molecule has 0 saturated carbocycles. The lowest BCUT2D eigenvalue weighted by molar-refractivity contribution is -0.384. The van der Waals surface area contributed by atoms with Gasteiger partial charge < -0.3 is 10.1 Å². The van der Waals surface area contributed by atoms with E-state index in [1.807, 2.05) is 0 Å². The van der Waals surface area contributed by atoms with Gasteiger partial charge >= 0.3 is 0 Å². The number of nitro benzene ring substituents is 1. The van der Waals surface area contributed by atoms with Crippen LogP contribution in [0.2, 0.25) is 0 Å². The van der Waals surface area contributed by atoms with Crippen molar-refractivity contribution in [1.82, 2.24) is 0 Å². The molecule has 0 amide bonds. The van der Waals surface area contributed by atoms with Crippen molar-refractivity contribution in [3.8, 4) is 0 Å². The Morgan fingerprint density at radius 2 is 2.33 bits per heavy atom. The Labute approximate surface area is 112 Å². The van der Waals surface area contributed by atoms with Crippen LogP contribution in [0.1, 0.15) is 12.8 Å². The molecule has 18 heavy (non-hydrogen) atoms. The molecule has 7 heteroatoms. The molecule has 1 saturated heterocycles. The molecule has 1 atom stereocenters. The maximum absolute atomic E-state index is 13.8. The Kier molecular flexibility index (Phi) is 4.13. The van der Waals surface area contributed by atoms with Crippen molar-refractivity contribution in [1.29, 1.82) is 0 Å². The van der Waals surface area contributed by atoms with E-state index in [0.717, 1.165) is 12.8 Å². The average Bonchev–Trinajstić information content (AvgIpc) is 2.33. The van der Waals surface area contributed by atoms with E-state index in [1.54, 1.807) is 0 Å². The van der Waals surface area contributed by atoms with E-state index in [1.165, 1.54) is 12.1 Å². The van der Waals surface area contributed by atoms with Gasteiger partial charge in [-0.25, -0.2) is 4.39 Å². The van der Waals surface area contributed by atoms with Gasteiger partial charge in [0, 0.05) is 23.2 Å². The highest BCUT2D eigenvalue weighted by molar-refractivity contribution is 9.10. The molecule has 98 valence electrons. The Bertz CT molecular complexity index is 464. The zero-order valence-electron chi connectivity index (χ0n) is 9.49. The molecule has 0 radical (unpaired) electrons. The van der Waals surface area contributed by atoms with E-state index in [0.29, 0.717) is 17.7 Å². The second-order valence-corrected chi connectivity index (χ2v) is 5.01. The zero-order chi connectivity index (χ0) is 13.1. The van der Waals surface area contributed by atoms with Crippen LogP contribution >= 0.6 is 15.9 Å². The van der Waals surface area contributed by atoms with Crippen molar-refractivity contribution >= 4 is 27.3 Å². The first-order valence-corrected chi connectivity index (χ1v) is 6.35. The molecule has 0 spiro atoms. The number of nitrogens with one attached hydrogen (secondary N) is 1. The van der Waals surface area contributed by atoms with Crippen molar-refractivity contribution in [3.05, 3.63) is 32.5 Å². The summed E-state index contributed by atoms with van der Waals surface area (Å²) >= 11 is 3.04. The third kappa shape index (κ3) is 2.97. The summed E-state index contributed by atoms with van der Waals surface area (Å²) in [6.45, 7) is 1.12. The van der Waals surface area contributed by atoms with Crippen molar-refractivity contribution in [2.45, 2.75) is 18.9 Å². The number of anilines is 1. The van der Waals surface area contributed by atoms with E-state index >= 15 is 0 Å². The van der Waals surface area contributed by atoms with E-state index in [9.17, 15) is 14.5 Å². The summed E-state index contributed by atoms with van der Waals surface area (Å²) in [7, 11) is 0. The third-order valence-corrected chi connectivity index (χ3v) is 3.20. The smallest absolute Gasteiger partial charge is 0.296 e. The zero-order valence-corrected chi connectivity index (χ0v) is 11.1.